The van der Waals surface area contributed by atoms with E-state index in [1.807, 2.05) is 6.07 Å². The number of carbonyl (C=O) groups excluding carboxylic acids is 1. The van der Waals surface area contributed by atoms with Crippen LogP contribution < -0.4 is 16.0 Å². The molecule has 182 valence electrons. The summed E-state index contributed by atoms with van der Waals surface area (Å²) in [5.74, 6) is -0.213. The van der Waals surface area contributed by atoms with Crippen LogP contribution in [0.5, 0.6) is 0 Å². The van der Waals surface area contributed by atoms with Crippen LogP contribution in [-0.2, 0) is 13.0 Å². The third-order valence-corrected chi connectivity index (χ3v) is 6.49. The Morgan fingerprint density at radius 1 is 1.22 bits per heavy atom. The van der Waals surface area contributed by atoms with Crippen LogP contribution in [-0.4, -0.2) is 37.7 Å². The molecule has 0 atom stereocenters. The quantitative estimate of drug-likeness (QED) is 0.372. The average molecular weight is 487 g/mol. The summed E-state index contributed by atoms with van der Waals surface area (Å²) in [6, 6.07) is 8.62. The smallest absolute Gasteiger partial charge is 0.261 e. The number of hydrogen-bond donors (Lipinski definition) is 3. The fourth-order valence-electron chi connectivity index (χ4n) is 4.64. The van der Waals surface area contributed by atoms with Gasteiger partial charge in [-0.05, 0) is 48.4 Å². The van der Waals surface area contributed by atoms with Crippen molar-refractivity contribution in [3.63, 3.8) is 0 Å². The highest BCUT2D eigenvalue weighted by atomic mass is 19.1. The van der Waals surface area contributed by atoms with Crippen LogP contribution in [0.4, 0.5) is 27.7 Å². The molecule has 1 aliphatic heterocycles. The fourth-order valence-corrected chi connectivity index (χ4v) is 4.64. The number of fused-ring (bicyclic) bond motifs is 1. The summed E-state index contributed by atoms with van der Waals surface area (Å²) in [7, 11) is 0. The minimum absolute atomic E-state index is 0.0373. The van der Waals surface area contributed by atoms with Crippen molar-refractivity contribution >= 4 is 29.2 Å². The maximum absolute atomic E-state index is 15.1. The molecule has 0 radical (unpaired) electrons. The minimum atomic E-state index is -0.500. The molecule has 0 bridgehead atoms. The molecule has 1 saturated carbocycles. The number of carbonyl (C=O) groups is 1. The van der Waals surface area contributed by atoms with Gasteiger partial charge in [-0.25, -0.2) is 4.39 Å². The lowest BCUT2D eigenvalue weighted by Crippen LogP contribution is -2.39. The zero-order chi connectivity index (χ0) is 24.8. The SMILES string of the molecule is Nc1nc(Nc2cnoc2)nc(-c2cccc(N3CCc4cc(C5CC5)cc(F)c4C3=O)c2CO)n1. The molecule has 1 aliphatic carbocycles. The third kappa shape index (κ3) is 3.93. The van der Waals surface area contributed by atoms with Gasteiger partial charge in [-0.2, -0.15) is 15.0 Å². The maximum Gasteiger partial charge on any atom is 0.261 e. The van der Waals surface area contributed by atoms with E-state index in [4.69, 9.17) is 10.3 Å². The van der Waals surface area contributed by atoms with E-state index in [-0.39, 0.29) is 23.3 Å². The van der Waals surface area contributed by atoms with Gasteiger partial charge >= 0.3 is 0 Å². The standard InChI is InChI=1S/C25H22FN7O3/c26-19-9-15(13-4-5-13)8-14-6-7-33(23(35)21(14)19)20-3-1-2-17(18(20)11-34)22-30-24(27)32-25(31-22)29-16-10-28-36-12-16/h1-3,8-10,12-13,34H,4-7,11H2,(H3,27,29,30,31,32). The number of nitrogens with zero attached hydrogens (tertiary/aromatic N) is 5. The molecule has 3 heterocycles. The second kappa shape index (κ2) is 8.68. The number of nitrogens with one attached hydrogen (secondary N) is 1. The van der Waals surface area contributed by atoms with Crippen LogP contribution in [0, 0.1) is 5.82 Å². The Labute approximate surface area is 205 Å². The Kier molecular flexibility index (Phi) is 5.33. The maximum atomic E-state index is 15.1. The van der Waals surface area contributed by atoms with Crippen molar-refractivity contribution in [1.29, 1.82) is 0 Å². The van der Waals surface area contributed by atoms with Crippen molar-refractivity contribution in [2.45, 2.75) is 31.8 Å². The van der Waals surface area contributed by atoms with Crippen molar-refractivity contribution in [2.75, 3.05) is 22.5 Å². The molecule has 2 aromatic carbocycles. The van der Waals surface area contributed by atoms with Crippen LogP contribution in [0.15, 0.2) is 47.3 Å². The van der Waals surface area contributed by atoms with Gasteiger partial charge in [0.2, 0.25) is 11.9 Å². The van der Waals surface area contributed by atoms with E-state index in [9.17, 15) is 9.90 Å². The zero-order valence-corrected chi connectivity index (χ0v) is 19.1. The van der Waals surface area contributed by atoms with Gasteiger partial charge in [0.05, 0.1) is 24.1 Å². The van der Waals surface area contributed by atoms with E-state index in [1.165, 1.54) is 23.4 Å². The number of nitrogen functional groups attached to an aromatic ring is 1. The van der Waals surface area contributed by atoms with Crippen LogP contribution in [0.2, 0.25) is 0 Å². The first-order chi connectivity index (χ1) is 17.5. The molecule has 36 heavy (non-hydrogen) atoms. The van der Waals surface area contributed by atoms with Gasteiger partial charge in [0.1, 0.15) is 17.8 Å². The summed E-state index contributed by atoms with van der Waals surface area (Å²) in [6.45, 7) is -0.0409. The molecule has 0 unspecified atom stereocenters. The van der Waals surface area contributed by atoms with E-state index in [2.05, 4.69) is 25.4 Å². The number of anilines is 4. The number of aromatic nitrogens is 4. The van der Waals surface area contributed by atoms with Crippen LogP contribution >= 0.6 is 0 Å². The second-order valence-electron chi connectivity index (χ2n) is 8.86. The summed E-state index contributed by atoms with van der Waals surface area (Å²) >= 11 is 0. The Morgan fingerprint density at radius 3 is 2.83 bits per heavy atom. The van der Waals surface area contributed by atoms with Crippen LogP contribution in [0.1, 0.15) is 45.8 Å². The molecular weight excluding hydrogens is 465 g/mol. The predicted octanol–water partition coefficient (Wildman–Crippen LogP) is 3.56. The van der Waals surface area contributed by atoms with Gasteiger partial charge in [0, 0.05) is 17.7 Å². The molecule has 11 heteroatoms. The van der Waals surface area contributed by atoms with Gasteiger partial charge in [-0.1, -0.05) is 23.4 Å². The first-order valence-corrected chi connectivity index (χ1v) is 11.6. The molecule has 1 amide bonds. The molecule has 10 nitrogen and oxygen atoms in total. The molecular formula is C25H22FN7O3. The normalized spacial score (nSPS) is 15.2. The highest BCUT2D eigenvalue weighted by molar-refractivity contribution is 6.09. The summed E-state index contributed by atoms with van der Waals surface area (Å²) in [5.41, 5.74) is 9.58. The van der Waals surface area contributed by atoms with Gasteiger partial charge < -0.3 is 25.6 Å². The molecule has 6 rings (SSSR count). The largest absolute Gasteiger partial charge is 0.392 e. The minimum Gasteiger partial charge on any atom is -0.392 e. The Morgan fingerprint density at radius 2 is 2.08 bits per heavy atom. The summed E-state index contributed by atoms with van der Waals surface area (Å²) in [4.78, 5) is 27.7. The van der Waals surface area contributed by atoms with E-state index in [1.54, 1.807) is 18.2 Å². The predicted molar refractivity (Wildman–Crippen MR) is 129 cm³/mol. The molecule has 1 fully saturated rings. The zero-order valence-electron chi connectivity index (χ0n) is 19.1. The highest BCUT2D eigenvalue weighted by Gasteiger charge is 2.33. The van der Waals surface area contributed by atoms with Crippen molar-refractivity contribution in [3.05, 3.63) is 70.9 Å². The topological polar surface area (TPSA) is 143 Å². The van der Waals surface area contributed by atoms with Crippen molar-refractivity contribution < 1.29 is 18.8 Å². The molecule has 4 N–H and O–H groups in total. The summed E-state index contributed by atoms with van der Waals surface area (Å²) in [6.07, 6.45) is 5.46. The van der Waals surface area contributed by atoms with Crippen LogP contribution in [0.25, 0.3) is 11.4 Å². The number of nitrogens with two attached hydrogens (primary N) is 1. The molecule has 2 aromatic heterocycles. The van der Waals surface area contributed by atoms with Gasteiger partial charge in [-0.15, -0.1) is 0 Å². The molecule has 0 saturated heterocycles. The molecule has 2 aliphatic rings. The monoisotopic (exact) mass is 487 g/mol. The van der Waals surface area contributed by atoms with Gasteiger partial charge in [0.25, 0.3) is 5.91 Å². The van der Waals surface area contributed by atoms with E-state index < -0.39 is 18.3 Å². The number of rotatable bonds is 6. The summed E-state index contributed by atoms with van der Waals surface area (Å²) < 4.78 is 19.9. The molecule has 0 spiro atoms. The third-order valence-electron chi connectivity index (χ3n) is 6.49. The van der Waals surface area contributed by atoms with Gasteiger partial charge in [0.15, 0.2) is 5.82 Å². The van der Waals surface area contributed by atoms with E-state index in [0.717, 1.165) is 24.0 Å². The van der Waals surface area contributed by atoms with Crippen molar-refractivity contribution in [2.24, 2.45) is 0 Å². The van der Waals surface area contributed by atoms with Crippen molar-refractivity contribution in [3.8, 4) is 11.4 Å². The second-order valence-corrected chi connectivity index (χ2v) is 8.86. The number of halogens is 1. The van der Waals surface area contributed by atoms with E-state index >= 15 is 4.39 Å². The Balaban J connectivity index is 1.38. The first-order valence-electron chi connectivity index (χ1n) is 11.6. The van der Waals surface area contributed by atoms with Crippen molar-refractivity contribution in [1.82, 2.24) is 20.1 Å². The fraction of sp³-hybridized carbons (Fsp3) is 0.240. The lowest BCUT2D eigenvalue weighted by Gasteiger charge is -2.31. The lowest BCUT2D eigenvalue weighted by atomic mass is 9.93. The molecule has 4 aromatic rings. The average Bonchev–Trinajstić information content (AvgIpc) is 3.60. The van der Waals surface area contributed by atoms with Gasteiger partial charge in [-0.3, -0.25) is 4.79 Å². The number of hydrogen-bond acceptors (Lipinski definition) is 9. The van der Waals surface area contributed by atoms with E-state index in [0.29, 0.717) is 41.4 Å². The van der Waals surface area contributed by atoms with Crippen LogP contribution in [0.3, 0.4) is 0 Å². The Hall–Kier alpha value is -4.38. The number of benzene rings is 2. The first kappa shape index (κ1) is 22.1. The number of amides is 1. The number of aliphatic hydroxyl groups excluding tert-OH is 1. The lowest BCUT2D eigenvalue weighted by molar-refractivity contribution is 0.0976. The summed E-state index contributed by atoms with van der Waals surface area (Å²) in [5, 5.41) is 16.9. The highest BCUT2D eigenvalue weighted by Crippen LogP contribution is 2.42. The Bertz CT molecular complexity index is 1470. The number of aliphatic hydroxyl groups is 1.